The van der Waals surface area contributed by atoms with Crippen molar-refractivity contribution in [2.24, 2.45) is 11.3 Å². The van der Waals surface area contributed by atoms with E-state index in [1.54, 1.807) is 18.2 Å². The smallest absolute Gasteiger partial charge is 0.170 e. The number of nitrogens with one attached hydrogen (secondary N) is 1. The van der Waals surface area contributed by atoms with Crippen molar-refractivity contribution in [3.05, 3.63) is 28.8 Å². The van der Waals surface area contributed by atoms with Crippen molar-refractivity contribution in [2.75, 3.05) is 18.8 Å². The lowest BCUT2D eigenvalue weighted by molar-refractivity contribution is 0.0782. The first-order valence-corrected chi connectivity index (χ1v) is 7.13. The highest BCUT2D eigenvalue weighted by Crippen LogP contribution is 2.37. The number of hydrogen-bond donors (Lipinski definition) is 2. The third kappa shape index (κ3) is 2.93. The van der Waals surface area contributed by atoms with Gasteiger partial charge in [-0.15, -0.1) is 0 Å². The number of benzene rings is 1. The minimum Gasteiger partial charge on any atom is -0.398 e. The number of carbonyl (C=O) groups is 1. The van der Waals surface area contributed by atoms with Crippen LogP contribution in [0.5, 0.6) is 0 Å². The Kier molecular flexibility index (Phi) is 4.16. The highest BCUT2D eigenvalue weighted by Gasteiger charge is 2.41. The third-order valence-corrected chi connectivity index (χ3v) is 4.11. The second-order valence-corrected chi connectivity index (χ2v) is 6.28. The maximum absolute atomic E-state index is 12.8. The molecule has 1 aromatic rings. The predicted molar refractivity (Wildman–Crippen MR) is 79.6 cm³/mol. The van der Waals surface area contributed by atoms with Gasteiger partial charge < -0.3 is 11.1 Å². The normalized spacial score (nSPS) is 22.9. The van der Waals surface area contributed by atoms with E-state index in [2.05, 4.69) is 19.2 Å². The summed E-state index contributed by atoms with van der Waals surface area (Å²) >= 11 is 6.02. The summed E-state index contributed by atoms with van der Waals surface area (Å²) in [6.45, 7) is 5.97. The summed E-state index contributed by atoms with van der Waals surface area (Å²) in [7, 11) is 0. The van der Waals surface area contributed by atoms with Crippen LogP contribution in [0.1, 0.15) is 37.0 Å². The Hall–Kier alpha value is -1.06. The molecule has 1 atom stereocenters. The summed E-state index contributed by atoms with van der Waals surface area (Å²) < 4.78 is 0. The van der Waals surface area contributed by atoms with Crippen LogP contribution in [0.2, 0.25) is 5.02 Å². The number of halogens is 1. The quantitative estimate of drug-likeness (QED) is 0.658. The molecule has 1 saturated heterocycles. The third-order valence-electron chi connectivity index (χ3n) is 3.79. The van der Waals surface area contributed by atoms with Gasteiger partial charge in [-0.3, -0.25) is 4.79 Å². The molecule has 1 aromatic carbocycles. The fourth-order valence-corrected chi connectivity index (χ4v) is 3.14. The van der Waals surface area contributed by atoms with E-state index >= 15 is 0 Å². The van der Waals surface area contributed by atoms with Gasteiger partial charge in [0, 0.05) is 17.5 Å². The molecule has 3 N–H and O–H groups in total. The van der Waals surface area contributed by atoms with Crippen molar-refractivity contribution < 1.29 is 4.79 Å². The summed E-state index contributed by atoms with van der Waals surface area (Å²) in [5, 5.41) is 3.77. The van der Waals surface area contributed by atoms with Crippen LogP contribution in [0.4, 0.5) is 5.69 Å². The minimum absolute atomic E-state index is 0.188. The molecule has 0 spiro atoms. The predicted octanol–water partition coefficient (Wildman–Crippen LogP) is 3.13. The van der Waals surface area contributed by atoms with Gasteiger partial charge in [0.15, 0.2) is 5.78 Å². The molecule has 3 nitrogen and oxygen atoms in total. The van der Waals surface area contributed by atoms with Crippen molar-refractivity contribution in [2.45, 2.75) is 26.7 Å². The molecule has 0 amide bonds. The zero-order chi connectivity index (χ0) is 14.0. The summed E-state index contributed by atoms with van der Waals surface area (Å²) in [5.74, 6) is 0.682. The van der Waals surface area contributed by atoms with Gasteiger partial charge in [0.05, 0.1) is 10.7 Å². The van der Waals surface area contributed by atoms with Gasteiger partial charge in [-0.2, -0.15) is 0 Å². The monoisotopic (exact) mass is 280 g/mol. The van der Waals surface area contributed by atoms with E-state index in [1.807, 2.05) is 0 Å². The molecule has 2 rings (SSSR count). The van der Waals surface area contributed by atoms with E-state index in [0.717, 1.165) is 25.9 Å². The van der Waals surface area contributed by atoms with Crippen molar-refractivity contribution in [3.63, 3.8) is 0 Å². The molecule has 1 aliphatic heterocycles. The molecule has 0 aromatic heterocycles. The maximum atomic E-state index is 12.8. The fourth-order valence-electron chi connectivity index (χ4n) is 2.96. The molecule has 1 heterocycles. The topological polar surface area (TPSA) is 55.1 Å². The summed E-state index contributed by atoms with van der Waals surface area (Å²) in [6, 6.07) is 5.19. The molecule has 19 heavy (non-hydrogen) atoms. The van der Waals surface area contributed by atoms with Crippen LogP contribution >= 0.6 is 11.6 Å². The Morgan fingerprint density at radius 3 is 2.79 bits per heavy atom. The SMILES string of the molecule is CC(C)C[C@]1(C(=O)c2ccc(N)c(Cl)c2)CCNC1. The number of Topliss-reactive ketones (excluding diaryl/α,β-unsaturated/α-hetero) is 1. The van der Waals surface area contributed by atoms with Crippen LogP contribution in [0.25, 0.3) is 0 Å². The first-order valence-electron chi connectivity index (χ1n) is 6.75. The second kappa shape index (κ2) is 5.51. The Morgan fingerprint density at radius 2 is 2.26 bits per heavy atom. The fraction of sp³-hybridized carbons (Fsp3) is 0.533. The van der Waals surface area contributed by atoms with Gasteiger partial charge in [0.2, 0.25) is 0 Å². The number of nitrogens with two attached hydrogens (primary N) is 1. The lowest BCUT2D eigenvalue weighted by atomic mass is 9.74. The lowest BCUT2D eigenvalue weighted by Crippen LogP contribution is -2.35. The summed E-state index contributed by atoms with van der Waals surface area (Å²) in [4.78, 5) is 12.8. The van der Waals surface area contributed by atoms with E-state index < -0.39 is 0 Å². The van der Waals surface area contributed by atoms with Gasteiger partial charge >= 0.3 is 0 Å². The zero-order valence-corrected chi connectivity index (χ0v) is 12.3. The molecular formula is C15H21ClN2O. The van der Waals surface area contributed by atoms with E-state index in [1.165, 1.54) is 0 Å². The molecule has 1 fully saturated rings. The van der Waals surface area contributed by atoms with Gasteiger partial charge in [-0.25, -0.2) is 0 Å². The van der Waals surface area contributed by atoms with Gasteiger partial charge in [-0.1, -0.05) is 25.4 Å². The van der Waals surface area contributed by atoms with Gasteiger partial charge in [-0.05, 0) is 43.5 Å². The Labute approximate surface area is 119 Å². The maximum Gasteiger partial charge on any atom is 0.170 e. The van der Waals surface area contributed by atoms with Crippen molar-refractivity contribution in [3.8, 4) is 0 Å². The van der Waals surface area contributed by atoms with Crippen LogP contribution in [0.15, 0.2) is 18.2 Å². The Morgan fingerprint density at radius 1 is 1.53 bits per heavy atom. The second-order valence-electron chi connectivity index (χ2n) is 5.87. The Balaban J connectivity index is 2.31. The first kappa shape index (κ1) is 14.4. The molecule has 4 heteroatoms. The molecule has 0 aliphatic carbocycles. The molecule has 0 bridgehead atoms. The number of rotatable bonds is 4. The average molecular weight is 281 g/mol. The highest BCUT2D eigenvalue weighted by atomic mass is 35.5. The number of anilines is 1. The van der Waals surface area contributed by atoms with Crippen molar-refractivity contribution in [1.82, 2.24) is 5.32 Å². The van der Waals surface area contributed by atoms with Crippen LogP contribution in [0.3, 0.4) is 0 Å². The molecule has 0 unspecified atom stereocenters. The lowest BCUT2D eigenvalue weighted by Gasteiger charge is -2.28. The van der Waals surface area contributed by atoms with Gasteiger partial charge in [0.1, 0.15) is 0 Å². The molecule has 0 radical (unpaired) electrons. The average Bonchev–Trinajstić information content (AvgIpc) is 2.80. The van der Waals surface area contributed by atoms with E-state index in [-0.39, 0.29) is 11.2 Å². The standard InChI is InChI=1S/C15H21ClN2O/c1-10(2)8-15(5-6-18-9-15)14(19)11-3-4-13(17)12(16)7-11/h3-4,7,10,18H,5-6,8-9,17H2,1-2H3/t15-/m1/s1. The number of hydrogen-bond acceptors (Lipinski definition) is 3. The molecule has 104 valence electrons. The molecule has 0 saturated carbocycles. The highest BCUT2D eigenvalue weighted by molar-refractivity contribution is 6.33. The van der Waals surface area contributed by atoms with Gasteiger partial charge in [0.25, 0.3) is 0 Å². The van der Waals surface area contributed by atoms with E-state index in [9.17, 15) is 4.79 Å². The van der Waals surface area contributed by atoms with E-state index in [4.69, 9.17) is 17.3 Å². The number of carbonyl (C=O) groups excluding carboxylic acids is 1. The number of ketones is 1. The van der Waals surface area contributed by atoms with E-state index in [0.29, 0.717) is 22.2 Å². The van der Waals surface area contributed by atoms with Crippen LogP contribution < -0.4 is 11.1 Å². The summed E-state index contributed by atoms with van der Waals surface area (Å²) in [6.07, 6.45) is 1.80. The van der Waals surface area contributed by atoms with Crippen LogP contribution in [-0.2, 0) is 0 Å². The minimum atomic E-state index is -0.284. The van der Waals surface area contributed by atoms with Crippen LogP contribution in [-0.4, -0.2) is 18.9 Å². The van der Waals surface area contributed by atoms with Crippen molar-refractivity contribution >= 4 is 23.1 Å². The van der Waals surface area contributed by atoms with Crippen LogP contribution in [0, 0.1) is 11.3 Å². The summed E-state index contributed by atoms with van der Waals surface area (Å²) in [5.41, 5.74) is 6.60. The molecule has 1 aliphatic rings. The first-order chi connectivity index (χ1) is 8.94. The zero-order valence-electron chi connectivity index (χ0n) is 11.5. The Bertz CT molecular complexity index is 479. The van der Waals surface area contributed by atoms with Crippen molar-refractivity contribution in [1.29, 1.82) is 0 Å². The number of nitrogen functional groups attached to an aromatic ring is 1. The molecular weight excluding hydrogens is 260 g/mol. The largest absolute Gasteiger partial charge is 0.398 e.